The lowest BCUT2D eigenvalue weighted by Crippen LogP contribution is -2.43. The van der Waals surface area contributed by atoms with Crippen molar-refractivity contribution in [3.63, 3.8) is 0 Å². The van der Waals surface area contributed by atoms with Gasteiger partial charge in [-0.25, -0.2) is 0 Å². The molecule has 2 N–H and O–H groups in total. The van der Waals surface area contributed by atoms with Gasteiger partial charge in [-0.05, 0) is 50.4 Å². The number of nitrogens with one attached hydrogen (secondary N) is 2. The van der Waals surface area contributed by atoms with E-state index in [4.69, 9.17) is 0 Å². The van der Waals surface area contributed by atoms with Crippen LogP contribution >= 0.6 is 35.7 Å². The third-order valence-corrected chi connectivity index (χ3v) is 5.78. The average molecular weight is 440 g/mol. The van der Waals surface area contributed by atoms with Gasteiger partial charge in [0.25, 0.3) is 0 Å². The molecule has 0 bridgehead atoms. The van der Waals surface area contributed by atoms with Gasteiger partial charge in [0.1, 0.15) is 0 Å². The lowest BCUT2D eigenvalue weighted by molar-refractivity contribution is 0.201. The number of thioether (sulfide) groups is 1. The van der Waals surface area contributed by atoms with Crippen LogP contribution in [0.5, 0.6) is 0 Å². The zero-order valence-corrected chi connectivity index (χ0v) is 17.3. The molecular formula is C16H33IN4S. The van der Waals surface area contributed by atoms with Crippen LogP contribution in [0.4, 0.5) is 0 Å². The third kappa shape index (κ3) is 7.73. The third-order valence-electron chi connectivity index (χ3n) is 4.38. The zero-order valence-electron chi connectivity index (χ0n) is 14.1. The molecule has 2 unspecified atom stereocenters. The van der Waals surface area contributed by atoms with Gasteiger partial charge < -0.3 is 15.5 Å². The summed E-state index contributed by atoms with van der Waals surface area (Å²) >= 11 is 2.09. The van der Waals surface area contributed by atoms with E-state index >= 15 is 0 Å². The standard InChI is InChI=1S/C16H32N4S.HI/c1-14(13-20-8-4-3-5-9-20)11-18-16(17-2)19-12-15-7-6-10-21-15;/h14-15H,3-13H2,1-2H3,(H2,17,18,19);1H. The summed E-state index contributed by atoms with van der Waals surface area (Å²) in [6.07, 6.45) is 6.89. The maximum absolute atomic E-state index is 4.34. The smallest absolute Gasteiger partial charge is 0.191 e. The number of guanidine groups is 1. The van der Waals surface area contributed by atoms with Crippen LogP contribution in [0.25, 0.3) is 0 Å². The minimum Gasteiger partial charge on any atom is -0.356 e. The summed E-state index contributed by atoms with van der Waals surface area (Å²) < 4.78 is 0. The Hall–Kier alpha value is 0.310. The zero-order chi connectivity index (χ0) is 14.9. The number of rotatable bonds is 6. The minimum atomic E-state index is 0. The van der Waals surface area contributed by atoms with Gasteiger partial charge in [0.15, 0.2) is 5.96 Å². The van der Waals surface area contributed by atoms with Crippen molar-refractivity contribution in [2.24, 2.45) is 10.9 Å². The number of likely N-dealkylation sites (tertiary alicyclic amines) is 1. The van der Waals surface area contributed by atoms with Gasteiger partial charge in [0.2, 0.25) is 0 Å². The molecule has 2 aliphatic heterocycles. The second-order valence-corrected chi connectivity index (χ2v) is 7.84. The van der Waals surface area contributed by atoms with Crippen LogP contribution in [0.3, 0.4) is 0 Å². The number of halogens is 1. The molecule has 2 aliphatic rings. The van der Waals surface area contributed by atoms with Gasteiger partial charge in [-0.2, -0.15) is 11.8 Å². The molecule has 2 atom stereocenters. The Labute approximate surface area is 157 Å². The Bertz CT molecular complexity index is 315. The minimum absolute atomic E-state index is 0. The Balaban J connectivity index is 0.00000242. The topological polar surface area (TPSA) is 39.7 Å². The molecule has 0 spiro atoms. The lowest BCUT2D eigenvalue weighted by atomic mass is 10.1. The van der Waals surface area contributed by atoms with E-state index in [9.17, 15) is 0 Å². The molecule has 0 aliphatic carbocycles. The first-order valence-corrected chi connectivity index (χ1v) is 9.61. The second kappa shape index (κ2) is 11.8. The highest BCUT2D eigenvalue weighted by Gasteiger charge is 2.16. The Kier molecular flexibility index (Phi) is 10.9. The summed E-state index contributed by atoms with van der Waals surface area (Å²) in [5.74, 6) is 2.96. The summed E-state index contributed by atoms with van der Waals surface area (Å²) in [5, 5.41) is 7.73. The van der Waals surface area contributed by atoms with Crippen molar-refractivity contribution in [3.8, 4) is 0 Å². The molecule has 4 nitrogen and oxygen atoms in total. The number of piperidine rings is 1. The number of aliphatic imine (C=N–C) groups is 1. The Morgan fingerprint density at radius 1 is 1.23 bits per heavy atom. The number of hydrogen-bond acceptors (Lipinski definition) is 3. The van der Waals surface area contributed by atoms with E-state index in [1.165, 1.54) is 57.5 Å². The van der Waals surface area contributed by atoms with Gasteiger partial charge in [0.05, 0.1) is 0 Å². The van der Waals surface area contributed by atoms with Crippen molar-refractivity contribution in [1.29, 1.82) is 0 Å². The molecule has 6 heteroatoms. The molecule has 0 aromatic heterocycles. The van der Waals surface area contributed by atoms with Gasteiger partial charge in [-0.15, -0.1) is 24.0 Å². The van der Waals surface area contributed by atoms with E-state index in [2.05, 4.69) is 39.2 Å². The van der Waals surface area contributed by atoms with Gasteiger partial charge in [-0.1, -0.05) is 13.3 Å². The van der Waals surface area contributed by atoms with Crippen molar-refractivity contribution in [2.75, 3.05) is 45.5 Å². The SMILES string of the molecule is CN=C(NCC(C)CN1CCCCC1)NCC1CCCS1.I. The Morgan fingerprint density at radius 3 is 2.64 bits per heavy atom. The first kappa shape index (κ1) is 20.4. The summed E-state index contributed by atoms with van der Waals surface area (Å²) in [4.78, 5) is 6.95. The van der Waals surface area contributed by atoms with E-state index in [1.807, 2.05) is 7.05 Å². The highest BCUT2D eigenvalue weighted by atomic mass is 127. The summed E-state index contributed by atoms with van der Waals surface area (Å²) in [7, 11) is 1.87. The molecule has 0 aromatic rings. The van der Waals surface area contributed by atoms with Crippen LogP contribution < -0.4 is 10.6 Å². The fourth-order valence-corrected chi connectivity index (χ4v) is 4.36. The van der Waals surface area contributed by atoms with Gasteiger partial charge in [0, 0.05) is 31.9 Å². The van der Waals surface area contributed by atoms with E-state index < -0.39 is 0 Å². The molecule has 2 rings (SSSR count). The van der Waals surface area contributed by atoms with E-state index in [1.54, 1.807) is 0 Å². The molecule has 0 saturated carbocycles. The van der Waals surface area contributed by atoms with Crippen molar-refractivity contribution in [1.82, 2.24) is 15.5 Å². The fraction of sp³-hybridized carbons (Fsp3) is 0.938. The maximum Gasteiger partial charge on any atom is 0.191 e. The van der Waals surface area contributed by atoms with Crippen molar-refractivity contribution < 1.29 is 0 Å². The Morgan fingerprint density at radius 2 is 2.00 bits per heavy atom. The number of nitrogens with zero attached hydrogens (tertiary/aromatic N) is 2. The highest BCUT2D eigenvalue weighted by Crippen LogP contribution is 2.25. The average Bonchev–Trinajstić information content (AvgIpc) is 3.02. The van der Waals surface area contributed by atoms with Crippen LogP contribution in [-0.2, 0) is 0 Å². The van der Waals surface area contributed by atoms with Crippen LogP contribution in [-0.4, -0.2) is 61.6 Å². The molecule has 2 heterocycles. The second-order valence-electron chi connectivity index (χ2n) is 6.44. The van der Waals surface area contributed by atoms with Crippen LogP contribution in [0, 0.1) is 5.92 Å². The normalized spacial score (nSPS) is 24.6. The quantitative estimate of drug-likeness (QED) is 0.379. The fourth-order valence-electron chi connectivity index (χ4n) is 3.15. The largest absolute Gasteiger partial charge is 0.356 e. The van der Waals surface area contributed by atoms with Crippen LogP contribution in [0.15, 0.2) is 4.99 Å². The molecular weight excluding hydrogens is 407 g/mol. The predicted octanol–water partition coefficient (Wildman–Crippen LogP) is 2.79. The summed E-state index contributed by atoms with van der Waals surface area (Å²) in [6, 6.07) is 0. The van der Waals surface area contributed by atoms with Crippen molar-refractivity contribution >= 4 is 41.7 Å². The van der Waals surface area contributed by atoms with Crippen LogP contribution in [0.2, 0.25) is 0 Å². The van der Waals surface area contributed by atoms with Crippen molar-refractivity contribution in [3.05, 3.63) is 0 Å². The molecule has 130 valence electrons. The van der Waals surface area contributed by atoms with E-state index in [0.717, 1.165) is 24.3 Å². The molecule has 0 radical (unpaired) electrons. The predicted molar refractivity (Wildman–Crippen MR) is 110 cm³/mol. The number of hydrogen-bond donors (Lipinski definition) is 2. The monoisotopic (exact) mass is 440 g/mol. The summed E-state index contributed by atoms with van der Waals surface area (Å²) in [5.41, 5.74) is 0. The lowest BCUT2D eigenvalue weighted by Gasteiger charge is -2.29. The summed E-state index contributed by atoms with van der Waals surface area (Å²) in [6.45, 7) is 8.18. The van der Waals surface area contributed by atoms with E-state index in [0.29, 0.717) is 5.92 Å². The van der Waals surface area contributed by atoms with E-state index in [-0.39, 0.29) is 24.0 Å². The molecule has 22 heavy (non-hydrogen) atoms. The van der Waals surface area contributed by atoms with Gasteiger partial charge in [-0.3, -0.25) is 4.99 Å². The van der Waals surface area contributed by atoms with Crippen molar-refractivity contribution in [2.45, 2.75) is 44.3 Å². The molecule has 0 amide bonds. The highest BCUT2D eigenvalue weighted by molar-refractivity contribution is 14.0. The molecule has 2 fully saturated rings. The molecule has 2 saturated heterocycles. The first-order valence-electron chi connectivity index (χ1n) is 8.56. The molecule has 0 aromatic carbocycles. The van der Waals surface area contributed by atoms with Crippen LogP contribution in [0.1, 0.15) is 39.0 Å². The first-order chi connectivity index (χ1) is 10.3. The maximum atomic E-state index is 4.34. The van der Waals surface area contributed by atoms with Gasteiger partial charge >= 0.3 is 0 Å².